The van der Waals surface area contributed by atoms with Gasteiger partial charge in [-0.15, -0.1) is 0 Å². The third-order valence-electron chi connectivity index (χ3n) is 7.57. The van der Waals surface area contributed by atoms with Crippen LogP contribution in [0.25, 0.3) is 0 Å². The predicted molar refractivity (Wildman–Crippen MR) is 155 cm³/mol. The average molecular weight is 530 g/mol. The second-order valence-electron chi connectivity index (χ2n) is 11.2. The van der Waals surface area contributed by atoms with E-state index in [1.807, 2.05) is 0 Å². The summed E-state index contributed by atoms with van der Waals surface area (Å²) in [6.45, 7) is 3.85. The van der Waals surface area contributed by atoms with Crippen LogP contribution < -0.4 is 5.32 Å². The summed E-state index contributed by atoms with van der Waals surface area (Å²) in [5.41, 5.74) is 0. The van der Waals surface area contributed by atoms with E-state index < -0.39 is 36.9 Å². The molecule has 5 N–H and O–H groups in total. The van der Waals surface area contributed by atoms with Crippen molar-refractivity contribution in [1.29, 1.82) is 0 Å². The number of rotatable bonds is 28. The highest BCUT2D eigenvalue weighted by molar-refractivity contribution is 5.80. The van der Waals surface area contributed by atoms with Crippen LogP contribution in [0.1, 0.15) is 162 Å². The van der Waals surface area contributed by atoms with Crippen LogP contribution in [0.2, 0.25) is 0 Å². The molecule has 6 heteroatoms. The van der Waals surface area contributed by atoms with Crippen molar-refractivity contribution in [2.75, 3.05) is 6.61 Å². The molecule has 0 saturated carbocycles. The molecular formula is C31H63NO5. The molecule has 0 aliphatic rings. The van der Waals surface area contributed by atoms with Crippen LogP contribution in [-0.2, 0) is 4.79 Å². The molecule has 0 aromatic carbocycles. The van der Waals surface area contributed by atoms with Crippen molar-refractivity contribution >= 4 is 5.91 Å². The van der Waals surface area contributed by atoms with Crippen molar-refractivity contribution in [3.05, 3.63) is 0 Å². The molecule has 0 saturated heterocycles. The molecule has 0 aromatic heterocycles. The lowest BCUT2D eigenvalue weighted by molar-refractivity contribution is -0.132. The highest BCUT2D eigenvalue weighted by atomic mass is 16.3. The van der Waals surface area contributed by atoms with Crippen LogP contribution in [0.3, 0.4) is 0 Å². The van der Waals surface area contributed by atoms with E-state index in [1.165, 1.54) is 96.3 Å². The lowest BCUT2D eigenvalue weighted by Gasteiger charge is -2.27. The molecule has 0 heterocycles. The van der Waals surface area contributed by atoms with Gasteiger partial charge in [-0.1, -0.05) is 149 Å². The van der Waals surface area contributed by atoms with Gasteiger partial charge in [0.15, 0.2) is 0 Å². The normalized spacial score (nSPS) is 14.9. The number of aliphatic hydroxyl groups excluding tert-OH is 4. The largest absolute Gasteiger partial charge is 0.394 e. The number of amides is 1. The first-order valence-corrected chi connectivity index (χ1v) is 15.9. The van der Waals surface area contributed by atoms with Gasteiger partial charge in [-0.25, -0.2) is 0 Å². The Bertz CT molecular complexity index is 490. The predicted octanol–water partition coefficient (Wildman–Crippen LogP) is 6.56. The summed E-state index contributed by atoms with van der Waals surface area (Å²) in [5.74, 6) is -0.592. The minimum Gasteiger partial charge on any atom is -0.394 e. The molecular weight excluding hydrogens is 466 g/mol. The second-order valence-corrected chi connectivity index (χ2v) is 11.2. The van der Waals surface area contributed by atoms with E-state index in [9.17, 15) is 25.2 Å². The lowest BCUT2D eigenvalue weighted by Crippen LogP contribution is -2.53. The van der Waals surface area contributed by atoms with Gasteiger partial charge in [-0.3, -0.25) is 4.79 Å². The van der Waals surface area contributed by atoms with Crippen LogP contribution in [0.5, 0.6) is 0 Å². The average Bonchev–Trinajstić information content (AvgIpc) is 2.90. The third kappa shape index (κ3) is 21.9. The maximum atomic E-state index is 12.2. The van der Waals surface area contributed by atoms with Gasteiger partial charge in [-0.2, -0.15) is 0 Å². The SMILES string of the molecule is CCCCCCCCCCCCCCCCCCCCC(O)C(=O)NC(CO)C(O)C(O)CCCCC. The number of carbonyl (C=O) groups is 1. The number of nitrogens with one attached hydrogen (secondary N) is 1. The van der Waals surface area contributed by atoms with Crippen LogP contribution in [0.4, 0.5) is 0 Å². The zero-order valence-electron chi connectivity index (χ0n) is 24.5. The summed E-state index contributed by atoms with van der Waals surface area (Å²) in [5, 5.41) is 42.5. The van der Waals surface area contributed by atoms with Crippen LogP contribution in [0, 0.1) is 0 Å². The number of carbonyl (C=O) groups excluding carboxylic acids is 1. The van der Waals surface area contributed by atoms with Gasteiger partial charge < -0.3 is 25.7 Å². The Hall–Kier alpha value is -0.690. The van der Waals surface area contributed by atoms with Gasteiger partial charge in [0.25, 0.3) is 0 Å². The van der Waals surface area contributed by atoms with E-state index in [1.54, 1.807) is 0 Å². The fourth-order valence-corrected chi connectivity index (χ4v) is 4.93. The molecule has 1 amide bonds. The maximum absolute atomic E-state index is 12.2. The monoisotopic (exact) mass is 529 g/mol. The number of hydrogen-bond acceptors (Lipinski definition) is 5. The number of aliphatic hydroxyl groups is 4. The van der Waals surface area contributed by atoms with Gasteiger partial charge >= 0.3 is 0 Å². The fraction of sp³-hybridized carbons (Fsp3) is 0.968. The first kappa shape index (κ1) is 36.3. The summed E-state index contributed by atoms with van der Waals surface area (Å²) >= 11 is 0. The highest BCUT2D eigenvalue weighted by Crippen LogP contribution is 2.15. The molecule has 4 atom stereocenters. The standard InChI is InChI=1S/C31H63NO5/c1-3-5-7-8-9-10-11-12-13-14-15-16-17-18-19-20-21-23-25-29(35)31(37)32-27(26-33)30(36)28(34)24-22-6-4-2/h27-30,33-36H,3-26H2,1-2H3,(H,32,37). The summed E-state index contributed by atoms with van der Waals surface area (Å²) < 4.78 is 0. The fourth-order valence-electron chi connectivity index (χ4n) is 4.93. The minimum atomic E-state index is -1.25. The van der Waals surface area contributed by atoms with Gasteiger partial charge in [0, 0.05) is 0 Å². The van der Waals surface area contributed by atoms with E-state index in [4.69, 9.17) is 0 Å². The molecule has 0 bridgehead atoms. The zero-order valence-corrected chi connectivity index (χ0v) is 24.5. The van der Waals surface area contributed by atoms with Gasteiger partial charge in [0.2, 0.25) is 5.91 Å². The molecule has 0 aromatic rings. The molecule has 0 fully saturated rings. The van der Waals surface area contributed by atoms with Gasteiger partial charge in [0.1, 0.15) is 12.2 Å². The van der Waals surface area contributed by atoms with E-state index in [2.05, 4.69) is 19.2 Å². The summed E-state index contributed by atoms with van der Waals surface area (Å²) in [7, 11) is 0. The topological polar surface area (TPSA) is 110 Å². The molecule has 0 spiro atoms. The van der Waals surface area contributed by atoms with Crippen molar-refractivity contribution in [2.45, 2.75) is 186 Å². The van der Waals surface area contributed by atoms with Gasteiger partial charge in [0.05, 0.1) is 18.8 Å². The molecule has 0 rings (SSSR count). The van der Waals surface area contributed by atoms with Crippen LogP contribution in [0.15, 0.2) is 0 Å². The quantitative estimate of drug-likeness (QED) is 0.0737. The highest BCUT2D eigenvalue weighted by Gasteiger charge is 2.28. The van der Waals surface area contributed by atoms with E-state index in [-0.39, 0.29) is 0 Å². The lowest BCUT2D eigenvalue weighted by atomic mass is 10.00. The van der Waals surface area contributed by atoms with Crippen LogP contribution in [-0.4, -0.2) is 57.3 Å². The third-order valence-corrected chi connectivity index (χ3v) is 7.57. The van der Waals surface area contributed by atoms with E-state index >= 15 is 0 Å². The first-order chi connectivity index (χ1) is 18.0. The second kappa shape index (κ2) is 26.9. The van der Waals surface area contributed by atoms with Gasteiger partial charge in [-0.05, 0) is 12.8 Å². The Morgan fingerprint density at radius 3 is 1.32 bits per heavy atom. The van der Waals surface area contributed by atoms with Crippen molar-refractivity contribution in [2.24, 2.45) is 0 Å². The van der Waals surface area contributed by atoms with Crippen molar-refractivity contribution in [1.82, 2.24) is 5.32 Å². The Labute approximate surface area is 229 Å². The van der Waals surface area contributed by atoms with Crippen molar-refractivity contribution in [3.63, 3.8) is 0 Å². The van der Waals surface area contributed by atoms with Crippen LogP contribution >= 0.6 is 0 Å². The Morgan fingerprint density at radius 1 is 0.568 bits per heavy atom. The van der Waals surface area contributed by atoms with Crippen molar-refractivity contribution in [3.8, 4) is 0 Å². The summed E-state index contributed by atoms with van der Waals surface area (Å²) in [4.78, 5) is 12.2. The maximum Gasteiger partial charge on any atom is 0.249 e. The smallest absolute Gasteiger partial charge is 0.249 e. The number of unbranched alkanes of at least 4 members (excludes halogenated alkanes) is 19. The molecule has 0 aliphatic carbocycles. The molecule has 6 nitrogen and oxygen atoms in total. The molecule has 0 radical (unpaired) electrons. The summed E-state index contributed by atoms with van der Waals surface area (Å²) in [6, 6.07) is -0.973. The van der Waals surface area contributed by atoms with E-state index in [0.29, 0.717) is 12.8 Å². The molecule has 37 heavy (non-hydrogen) atoms. The Kier molecular flexibility index (Phi) is 26.4. The Balaban J connectivity index is 3.63. The first-order valence-electron chi connectivity index (χ1n) is 15.9. The molecule has 4 unspecified atom stereocenters. The minimum absolute atomic E-state index is 0.373. The number of hydrogen-bond donors (Lipinski definition) is 5. The molecule has 0 aliphatic heterocycles. The zero-order chi connectivity index (χ0) is 27.6. The van der Waals surface area contributed by atoms with E-state index in [0.717, 1.165) is 38.5 Å². The Morgan fingerprint density at radius 2 is 0.919 bits per heavy atom. The summed E-state index contributed by atoms with van der Waals surface area (Å²) in [6.07, 6.45) is 23.5. The molecule has 222 valence electrons. The van der Waals surface area contributed by atoms with Crippen molar-refractivity contribution < 1.29 is 25.2 Å².